The molecular weight excluding hydrogens is 176 g/mol. The third kappa shape index (κ3) is 6.72. The minimum absolute atomic E-state index is 0.162. The fraction of sp³-hybridized carbons (Fsp3) is 0.667. The van der Waals surface area contributed by atoms with Crippen molar-refractivity contribution >= 4 is 0 Å². The van der Waals surface area contributed by atoms with Crippen LogP contribution in [0.25, 0.3) is 0 Å². The zero-order valence-corrected chi connectivity index (χ0v) is 9.44. The second kappa shape index (κ2) is 8.82. The standard InChI is InChI=1S/C12H22O2/c1-4-8-12(6-3)14-10-7-9-11(13)5-2/h4,7-8,10-13H,5-6,9H2,1-3H3. The van der Waals surface area contributed by atoms with E-state index >= 15 is 0 Å². The topological polar surface area (TPSA) is 29.5 Å². The first kappa shape index (κ1) is 13.2. The summed E-state index contributed by atoms with van der Waals surface area (Å²) in [4.78, 5) is 0. The maximum atomic E-state index is 9.26. The lowest BCUT2D eigenvalue weighted by molar-refractivity contribution is 0.164. The van der Waals surface area contributed by atoms with Crippen LogP contribution in [0.3, 0.4) is 0 Å². The lowest BCUT2D eigenvalue weighted by Gasteiger charge is -2.09. The molecule has 0 rings (SSSR count). The van der Waals surface area contributed by atoms with Gasteiger partial charge in [0, 0.05) is 0 Å². The molecule has 2 heteroatoms. The van der Waals surface area contributed by atoms with E-state index in [9.17, 15) is 5.11 Å². The van der Waals surface area contributed by atoms with Gasteiger partial charge in [-0.2, -0.15) is 0 Å². The molecule has 0 amide bonds. The normalized spacial score (nSPS) is 16.3. The number of aliphatic hydroxyl groups excluding tert-OH is 1. The zero-order valence-electron chi connectivity index (χ0n) is 9.44. The molecule has 0 fully saturated rings. The van der Waals surface area contributed by atoms with E-state index < -0.39 is 0 Å². The summed E-state index contributed by atoms with van der Waals surface area (Å²) >= 11 is 0. The summed E-state index contributed by atoms with van der Waals surface area (Å²) in [6, 6.07) is 0. The van der Waals surface area contributed by atoms with E-state index in [0.29, 0.717) is 6.42 Å². The van der Waals surface area contributed by atoms with E-state index in [1.165, 1.54) is 0 Å². The third-order valence-electron chi connectivity index (χ3n) is 2.04. The van der Waals surface area contributed by atoms with Crippen LogP contribution in [-0.2, 0) is 4.74 Å². The van der Waals surface area contributed by atoms with Gasteiger partial charge in [-0.1, -0.05) is 19.9 Å². The average Bonchev–Trinajstić information content (AvgIpc) is 2.22. The quantitative estimate of drug-likeness (QED) is 0.503. The van der Waals surface area contributed by atoms with Gasteiger partial charge in [0.25, 0.3) is 0 Å². The summed E-state index contributed by atoms with van der Waals surface area (Å²) in [5.41, 5.74) is 0. The van der Waals surface area contributed by atoms with Crippen LogP contribution in [0.4, 0.5) is 0 Å². The van der Waals surface area contributed by atoms with Crippen molar-refractivity contribution in [3.05, 3.63) is 24.5 Å². The van der Waals surface area contributed by atoms with Crippen molar-refractivity contribution in [1.82, 2.24) is 0 Å². The highest BCUT2D eigenvalue weighted by Crippen LogP contribution is 2.02. The molecule has 0 saturated carbocycles. The van der Waals surface area contributed by atoms with E-state index in [1.807, 2.05) is 32.1 Å². The summed E-state index contributed by atoms with van der Waals surface area (Å²) in [6.07, 6.45) is 9.92. The molecule has 0 aromatic heterocycles. The summed E-state index contributed by atoms with van der Waals surface area (Å²) in [7, 11) is 0. The first-order chi connectivity index (χ1) is 6.74. The van der Waals surface area contributed by atoms with Gasteiger partial charge >= 0.3 is 0 Å². The van der Waals surface area contributed by atoms with Gasteiger partial charge in [-0.3, -0.25) is 0 Å². The largest absolute Gasteiger partial charge is 0.494 e. The van der Waals surface area contributed by atoms with Crippen molar-refractivity contribution < 1.29 is 9.84 Å². The Balaban J connectivity index is 3.67. The molecule has 0 radical (unpaired) electrons. The molecule has 0 aromatic carbocycles. The van der Waals surface area contributed by atoms with Crippen molar-refractivity contribution in [1.29, 1.82) is 0 Å². The molecule has 2 atom stereocenters. The van der Waals surface area contributed by atoms with E-state index in [0.717, 1.165) is 12.8 Å². The van der Waals surface area contributed by atoms with E-state index in [2.05, 4.69) is 6.92 Å². The first-order valence-electron chi connectivity index (χ1n) is 5.35. The summed E-state index contributed by atoms with van der Waals surface area (Å²) < 4.78 is 5.45. The SMILES string of the molecule is CC=CC(CC)OC=CCC(O)CC. The van der Waals surface area contributed by atoms with Crippen molar-refractivity contribution in [3.8, 4) is 0 Å². The molecule has 2 unspecified atom stereocenters. The highest BCUT2D eigenvalue weighted by Gasteiger charge is 1.98. The Hall–Kier alpha value is -0.760. The van der Waals surface area contributed by atoms with Crippen molar-refractivity contribution in [2.75, 3.05) is 0 Å². The third-order valence-corrected chi connectivity index (χ3v) is 2.04. The fourth-order valence-corrected chi connectivity index (χ4v) is 1.03. The van der Waals surface area contributed by atoms with Crippen LogP contribution in [0, 0.1) is 0 Å². The molecule has 0 aliphatic heterocycles. The second-order valence-corrected chi connectivity index (χ2v) is 3.28. The van der Waals surface area contributed by atoms with Crippen LogP contribution in [0.1, 0.15) is 40.0 Å². The predicted molar refractivity (Wildman–Crippen MR) is 60.0 cm³/mol. The highest BCUT2D eigenvalue weighted by atomic mass is 16.5. The van der Waals surface area contributed by atoms with Crippen LogP contribution in [0.5, 0.6) is 0 Å². The lowest BCUT2D eigenvalue weighted by atomic mass is 10.2. The van der Waals surface area contributed by atoms with E-state index in [-0.39, 0.29) is 12.2 Å². The molecule has 14 heavy (non-hydrogen) atoms. The van der Waals surface area contributed by atoms with Crippen molar-refractivity contribution in [3.63, 3.8) is 0 Å². The molecule has 0 heterocycles. The number of hydrogen-bond acceptors (Lipinski definition) is 2. The number of aliphatic hydroxyl groups is 1. The van der Waals surface area contributed by atoms with Gasteiger partial charge in [0.1, 0.15) is 6.10 Å². The molecule has 0 saturated heterocycles. The fourth-order valence-electron chi connectivity index (χ4n) is 1.03. The Morgan fingerprint density at radius 1 is 1.29 bits per heavy atom. The molecule has 0 aromatic rings. The Kier molecular flexibility index (Phi) is 8.34. The lowest BCUT2D eigenvalue weighted by Crippen LogP contribution is -2.04. The minimum atomic E-state index is -0.239. The van der Waals surface area contributed by atoms with E-state index in [1.54, 1.807) is 6.26 Å². The average molecular weight is 198 g/mol. The van der Waals surface area contributed by atoms with Crippen LogP contribution in [0.2, 0.25) is 0 Å². The number of hydrogen-bond donors (Lipinski definition) is 1. The van der Waals surface area contributed by atoms with Crippen LogP contribution in [0.15, 0.2) is 24.5 Å². The van der Waals surface area contributed by atoms with Gasteiger partial charge < -0.3 is 9.84 Å². The maximum absolute atomic E-state index is 9.26. The van der Waals surface area contributed by atoms with Crippen molar-refractivity contribution in [2.24, 2.45) is 0 Å². The first-order valence-corrected chi connectivity index (χ1v) is 5.35. The molecule has 2 nitrogen and oxygen atoms in total. The second-order valence-electron chi connectivity index (χ2n) is 3.28. The van der Waals surface area contributed by atoms with Crippen molar-refractivity contribution in [2.45, 2.75) is 52.2 Å². The molecular formula is C12H22O2. The molecule has 0 aliphatic rings. The van der Waals surface area contributed by atoms with E-state index in [4.69, 9.17) is 4.74 Å². The highest BCUT2D eigenvalue weighted by molar-refractivity contribution is 4.88. The van der Waals surface area contributed by atoms with Gasteiger partial charge in [0.2, 0.25) is 0 Å². The Labute approximate surface area is 87.3 Å². The van der Waals surface area contributed by atoms with Gasteiger partial charge in [0.15, 0.2) is 0 Å². The van der Waals surface area contributed by atoms with Crippen LogP contribution < -0.4 is 0 Å². The van der Waals surface area contributed by atoms with Gasteiger partial charge in [-0.15, -0.1) is 0 Å². The van der Waals surface area contributed by atoms with Gasteiger partial charge in [-0.05, 0) is 38.3 Å². The summed E-state index contributed by atoms with van der Waals surface area (Å²) in [5.74, 6) is 0. The molecule has 0 bridgehead atoms. The van der Waals surface area contributed by atoms with Crippen LogP contribution in [-0.4, -0.2) is 17.3 Å². The zero-order chi connectivity index (χ0) is 10.8. The Morgan fingerprint density at radius 2 is 2.00 bits per heavy atom. The Morgan fingerprint density at radius 3 is 2.50 bits per heavy atom. The van der Waals surface area contributed by atoms with Crippen LogP contribution >= 0.6 is 0 Å². The number of rotatable bonds is 7. The molecule has 1 N–H and O–H groups in total. The minimum Gasteiger partial charge on any atom is -0.494 e. The van der Waals surface area contributed by atoms with Gasteiger partial charge in [0.05, 0.1) is 12.4 Å². The summed E-state index contributed by atoms with van der Waals surface area (Å²) in [5, 5.41) is 9.26. The summed E-state index contributed by atoms with van der Waals surface area (Å²) in [6.45, 7) is 6.03. The monoisotopic (exact) mass is 198 g/mol. The maximum Gasteiger partial charge on any atom is 0.116 e. The number of allylic oxidation sites excluding steroid dienone is 1. The number of ether oxygens (including phenoxy) is 1. The Bertz CT molecular complexity index is 173. The smallest absolute Gasteiger partial charge is 0.116 e. The van der Waals surface area contributed by atoms with Gasteiger partial charge in [-0.25, -0.2) is 0 Å². The molecule has 82 valence electrons. The molecule has 0 aliphatic carbocycles. The predicted octanol–water partition coefficient (Wildman–Crippen LogP) is 3.03. The molecule has 0 spiro atoms.